The van der Waals surface area contributed by atoms with Gasteiger partial charge < -0.3 is 10.2 Å². The molecular weight excluding hydrogens is 160 g/mol. The van der Waals surface area contributed by atoms with Crippen molar-refractivity contribution in [2.45, 2.75) is 13.5 Å². The summed E-state index contributed by atoms with van der Waals surface area (Å²) in [6.07, 6.45) is 0. The maximum absolute atomic E-state index is 9.28. The molecule has 0 atom stereocenters. The lowest BCUT2D eigenvalue weighted by Crippen LogP contribution is -1.90. The van der Waals surface area contributed by atoms with Crippen molar-refractivity contribution >= 4 is 5.69 Å². The molecule has 0 aromatic carbocycles. The van der Waals surface area contributed by atoms with Gasteiger partial charge in [-0.1, -0.05) is 5.11 Å². The molecule has 6 nitrogen and oxygen atoms in total. The summed E-state index contributed by atoms with van der Waals surface area (Å²) in [5.74, 6) is -0.329. The van der Waals surface area contributed by atoms with E-state index in [2.05, 4.69) is 10.0 Å². The van der Waals surface area contributed by atoms with Gasteiger partial charge in [0.05, 0.1) is 0 Å². The van der Waals surface area contributed by atoms with E-state index in [-0.39, 0.29) is 17.4 Å². The largest absolute Gasteiger partial charge is 0.494 e. The van der Waals surface area contributed by atoms with E-state index in [0.717, 1.165) is 0 Å². The van der Waals surface area contributed by atoms with Gasteiger partial charge in [0.15, 0.2) is 5.88 Å². The number of aromatic nitrogens is 1. The summed E-state index contributed by atoms with van der Waals surface area (Å²) in [5.41, 5.74) is 8.11. The van der Waals surface area contributed by atoms with Gasteiger partial charge in [-0.2, -0.15) is 0 Å². The summed E-state index contributed by atoms with van der Waals surface area (Å²) in [7, 11) is 0. The topological polar surface area (TPSA) is 94.2 Å². The number of azide groups is 1. The van der Waals surface area contributed by atoms with E-state index in [0.29, 0.717) is 6.54 Å². The first-order chi connectivity index (χ1) is 5.70. The first-order valence-electron chi connectivity index (χ1n) is 3.37. The Labute approximate surface area is 68.3 Å². The third-order valence-corrected chi connectivity index (χ3v) is 1.50. The highest BCUT2D eigenvalue weighted by Gasteiger charge is 2.10. The molecule has 12 heavy (non-hydrogen) atoms. The van der Waals surface area contributed by atoms with Crippen LogP contribution in [0.4, 0.5) is 5.69 Å². The molecule has 64 valence electrons. The van der Waals surface area contributed by atoms with Gasteiger partial charge in [-0.05, 0) is 12.5 Å². The van der Waals surface area contributed by atoms with Crippen LogP contribution in [0, 0.1) is 0 Å². The highest BCUT2D eigenvalue weighted by Crippen LogP contribution is 2.34. The molecule has 6 heteroatoms. The molecule has 1 aromatic rings. The molecule has 2 N–H and O–H groups in total. The van der Waals surface area contributed by atoms with Crippen LogP contribution in [0.15, 0.2) is 11.2 Å². The number of nitrogens with zero attached hydrogens (tertiary/aromatic N) is 4. The van der Waals surface area contributed by atoms with Gasteiger partial charge in [0, 0.05) is 17.5 Å². The van der Waals surface area contributed by atoms with Crippen molar-refractivity contribution in [3.05, 3.63) is 16.5 Å². The summed E-state index contributed by atoms with van der Waals surface area (Å²) in [4.78, 5) is 2.50. The van der Waals surface area contributed by atoms with Crippen LogP contribution in [-0.2, 0) is 6.54 Å². The number of hydrogen-bond acceptors (Lipinski definition) is 3. The first-order valence-corrected chi connectivity index (χ1v) is 3.37. The van der Waals surface area contributed by atoms with Gasteiger partial charge in [0.1, 0.15) is 5.69 Å². The van der Waals surface area contributed by atoms with Gasteiger partial charge >= 0.3 is 0 Å². The highest BCUT2D eigenvalue weighted by molar-refractivity contribution is 5.52. The number of aromatic hydroxyl groups is 2. The number of rotatable bonds is 2. The van der Waals surface area contributed by atoms with E-state index in [1.165, 1.54) is 10.6 Å². The van der Waals surface area contributed by atoms with Crippen molar-refractivity contribution in [3.63, 3.8) is 0 Å². The Morgan fingerprint density at radius 3 is 2.75 bits per heavy atom. The van der Waals surface area contributed by atoms with E-state index in [1.807, 2.05) is 0 Å². The van der Waals surface area contributed by atoms with Crippen LogP contribution in [0.3, 0.4) is 0 Å². The normalized spacial score (nSPS) is 9.42. The molecule has 1 heterocycles. The Hall–Kier alpha value is -1.81. The standard InChI is InChI=1S/C6H8N4O2/c1-2-10-5(11)3-4(6(10)12)8-9-7/h3,11-12H,2H2,1H3. The predicted molar refractivity (Wildman–Crippen MR) is 42.2 cm³/mol. The summed E-state index contributed by atoms with van der Waals surface area (Å²) < 4.78 is 1.23. The molecule has 0 bridgehead atoms. The van der Waals surface area contributed by atoms with Crippen molar-refractivity contribution in [1.29, 1.82) is 0 Å². The van der Waals surface area contributed by atoms with Gasteiger partial charge in [-0.15, -0.1) is 0 Å². The molecule has 0 unspecified atom stereocenters. The zero-order valence-electron chi connectivity index (χ0n) is 6.47. The van der Waals surface area contributed by atoms with Crippen LogP contribution in [0.1, 0.15) is 6.92 Å². The van der Waals surface area contributed by atoms with Crippen molar-refractivity contribution in [2.75, 3.05) is 0 Å². The SMILES string of the molecule is CCn1c(O)cc(N=[N+]=[N-])c1O. The molecule has 0 aliphatic carbocycles. The van der Waals surface area contributed by atoms with Crippen molar-refractivity contribution < 1.29 is 10.2 Å². The molecule has 0 aliphatic heterocycles. The maximum atomic E-state index is 9.28. The fourth-order valence-corrected chi connectivity index (χ4v) is 0.945. The first kappa shape index (κ1) is 8.29. The minimum Gasteiger partial charge on any atom is -0.494 e. The molecule has 1 rings (SSSR count). The average molecular weight is 168 g/mol. The van der Waals surface area contributed by atoms with Gasteiger partial charge in [0.2, 0.25) is 5.88 Å². The Morgan fingerprint density at radius 1 is 1.67 bits per heavy atom. The lowest BCUT2D eigenvalue weighted by molar-refractivity contribution is 0.374. The fraction of sp³-hybridized carbons (Fsp3) is 0.333. The Morgan fingerprint density at radius 2 is 2.33 bits per heavy atom. The van der Waals surface area contributed by atoms with Gasteiger partial charge in [0.25, 0.3) is 0 Å². The third kappa shape index (κ3) is 1.15. The summed E-state index contributed by atoms with van der Waals surface area (Å²) in [5, 5.41) is 21.6. The molecule has 0 radical (unpaired) electrons. The monoisotopic (exact) mass is 168 g/mol. The smallest absolute Gasteiger partial charge is 0.203 e. The van der Waals surface area contributed by atoms with E-state index >= 15 is 0 Å². The van der Waals surface area contributed by atoms with Crippen LogP contribution in [0.5, 0.6) is 11.8 Å². The van der Waals surface area contributed by atoms with E-state index in [4.69, 9.17) is 10.6 Å². The second-order valence-electron chi connectivity index (χ2n) is 2.15. The van der Waals surface area contributed by atoms with Crippen LogP contribution in [0.2, 0.25) is 0 Å². The van der Waals surface area contributed by atoms with Crippen LogP contribution >= 0.6 is 0 Å². The molecule has 0 amide bonds. The molecule has 0 saturated carbocycles. The Kier molecular flexibility index (Phi) is 2.11. The van der Waals surface area contributed by atoms with Crippen LogP contribution in [0.25, 0.3) is 10.4 Å². The molecular formula is C6H8N4O2. The molecule has 0 aliphatic rings. The number of hydrogen-bond donors (Lipinski definition) is 2. The van der Waals surface area contributed by atoms with Crippen molar-refractivity contribution in [1.82, 2.24) is 4.57 Å². The van der Waals surface area contributed by atoms with Crippen LogP contribution in [-0.4, -0.2) is 14.8 Å². The average Bonchev–Trinajstić information content (AvgIpc) is 2.29. The van der Waals surface area contributed by atoms with E-state index in [9.17, 15) is 5.11 Å². The van der Waals surface area contributed by atoms with Crippen LogP contribution < -0.4 is 0 Å². The van der Waals surface area contributed by atoms with Crippen molar-refractivity contribution in [3.8, 4) is 11.8 Å². The molecule has 0 fully saturated rings. The third-order valence-electron chi connectivity index (χ3n) is 1.50. The highest BCUT2D eigenvalue weighted by atomic mass is 16.3. The second-order valence-corrected chi connectivity index (χ2v) is 2.15. The Bertz CT molecular complexity index is 338. The second kappa shape index (κ2) is 3.06. The van der Waals surface area contributed by atoms with E-state index < -0.39 is 0 Å². The Balaban J connectivity index is 3.25. The van der Waals surface area contributed by atoms with Gasteiger partial charge in [-0.25, -0.2) is 0 Å². The van der Waals surface area contributed by atoms with E-state index in [1.54, 1.807) is 6.92 Å². The maximum Gasteiger partial charge on any atom is 0.203 e. The molecule has 1 aromatic heterocycles. The molecule has 0 saturated heterocycles. The lowest BCUT2D eigenvalue weighted by Gasteiger charge is -2.00. The summed E-state index contributed by atoms with van der Waals surface area (Å²) in [6, 6.07) is 1.21. The summed E-state index contributed by atoms with van der Waals surface area (Å²) >= 11 is 0. The molecule has 0 spiro atoms. The zero-order chi connectivity index (χ0) is 9.14. The predicted octanol–water partition coefficient (Wildman–Crippen LogP) is 1.86. The fourth-order valence-electron chi connectivity index (χ4n) is 0.945. The minimum atomic E-state index is -0.215. The quantitative estimate of drug-likeness (QED) is 0.400. The van der Waals surface area contributed by atoms with Crippen molar-refractivity contribution in [2.24, 2.45) is 5.11 Å². The minimum absolute atomic E-state index is 0.0388. The summed E-state index contributed by atoms with van der Waals surface area (Å²) in [6.45, 7) is 2.16. The zero-order valence-corrected chi connectivity index (χ0v) is 6.47. The lowest BCUT2D eigenvalue weighted by atomic mass is 10.5. The van der Waals surface area contributed by atoms with Gasteiger partial charge in [-0.3, -0.25) is 4.57 Å².